The van der Waals surface area contributed by atoms with Crippen LogP contribution >= 0.6 is 0 Å². The Kier molecular flexibility index (Phi) is 5.60. The molecule has 0 bridgehead atoms. The van der Waals surface area contributed by atoms with Crippen molar-refractivity contribution in [2.45, 2.75) is 26.8 Å². The third kappa shape index (κ3) is 5.43. The molecule has 4 nitrogen and oxygen atoms in total. The lowest BCUT2D eigenvalue weighted by Gasteiger charge is -2.12. The molecule has 96 valence electrons. The summed E-state index contributed by atoms with van der Waals surface area (Å²) in [5.74, 6) is 1.59. The Bertz CT molecular complexity index is 352. The molecule has 0 amide bonds. The van der Waals surface area contributed by atoms with Crippen molar-refractivity contribution in [1.82, 2.24) is 15.2 Å². The van der Waals surface area contributed by atoms with Gasteiger partial charge < -0.3 is 15.2 Å². The molecule has 1 aromatic heterocycles. The van der Waals surface area contributed by atoms with Gasteiger partial charge in [0.1, 0.15) is 0 Å². The van der Waals surface area contributed by atoms with E-state index in [0.29, 0.717) is 0 Å². The van der Waals surface area contributed by atoms with Crippen molar-refractivity contribution in [3.8, 4) is 0 Å². The highest BCUT2D eigenvalue weighted by atomic mass is 15.2. The Morgan fingerprint density at radius 1 is 1.41 bits per heavy atom. The van der Waals surface area contributed by atoms with E-state index in [2.05, 4.69) is 41.7 Å². The van der Waals surface area contributed by atoms with Crippen molar-refractivity contribution in [2.24, 2.45) is 18.0 Å². The number of hydrogen-bond donors (Lipinski definition) is 2. The summed E-state index contributed by atoms with van der Waals surface area (Å²) in [5.41, 5.74) is 1.26. The van der Waals surface area contributed by atoms with Crippen LogP contribution in [0.4, 0.5) is 0 Å². The molecule has 1 heterocycles. The Hall–Kier alpha value is -1.45. The van der Waals surface area contributed by atoms with Gasteiger partial charge in [-0.05, 0) is 24.0 Å². The number of guanidine groups is 1. The normalized spacial score (nSPS) is 11.9. The summed E-state index contributed by atoms with van der Waals surface area (Å²) in [7, 11) is 3.83. The maximum Gasteiger partial charge on any atom is 0.191 e. The van der Waals surface area contributed by atoms with Crippen LogP contribution in [0.1, 0.15) is 25.8 Å². The highest BCUT2D eigenvalue weighted by Crippen LogP contribution is 1.98. The van der Waals surface area contributed by atoms with Gasteiger partial charge in [0.25, 0.3) is 0 Å². The van der Waals surface area contributed by atoms with Crippen molar-refractivity contribution < 1.29 is 0 Å². The molecular weight excluding hydrogens is 212 g/mol. The summed E-state index contributed by atoms with van der Waals surface area (Å²) in [4.78, 5) is 4.19. The van der Waals surface area contributed by atoms with Gasteiger partial charge in [0.2, 0.25) is 0 Å². The molecule has 0 spiro atoms. The first kappa shape index (κ1) is 13.6. The summed E-state index contributed by atoms with van der Waals surface area (Å²) < 4.78 is 2.05. The number of aryl methyl sites for hydroxylation is 1. The zero-order valence-electron chi connectivity index (χ0n) is 11.3. The third-order valence-electron chi connectivity index (χ3n) is 2.59. The van der Waals surface area contributed by atoms with Crippen LogP contribution in [-0.2, 0) is 13.6 Å². The summed E-state index contributed by atoms with van der Waals surface area (Å²) in [5, 5.41) is 6.61. The largest absolute Gasteiger partial charge is 0.357 e. The lowest BCUT2D eigenvalue weighted by atomic mass is 10.1. The smallest absolute Gasteiger partial charge is 0.191 e. The van der Waals surface area contributed by atoms with Gasteiger partial charge in [0, 0.05) is 39.6 Å². The van der Waals surface area contributed by atoms with Crippen molar-refractivity contribution in [1.29, 1.82) is 0 Å². The lowest BCUT2D eigenvalue weighted by molar-refractivity contribution is 0.573. The van der Waals surface area contributed by atoms with Gasteiger partial charge in [-0.2, -0.15) is 0 Å². The van der Waals surface area contributed by atoms with E-state index in [1.54, 1.807) is 7.05 Å². The van der Waals surface area contributed by atoms with Crippen molar-refractivity contribution in [2.75, 3.05) is 13.6 Å². The Balaban J connectivity index is 2.28. The second kappa shape index (κ2) is 6.99. The number of aliphatic imine (C=N–C) groups is 1. The molecule has 0 saturated carbocycles. The minimum atomic E-state index is 0.717. The van der Waals surface area contributed by atoms with E-state index in [4.69, 9.17) is 0 Å². The molecule has 1 rings (SSSR count). The van der Waals surface area contributed by atoms with Crippen LogP contribution in [0.3, 0.4) is 0 Å². The van der Waals surface area contributed by atoms with E-state index in [9.17, 15) is 0 Å². The zero-order chi connectivity index (χ0) is 12.7. The number of nitrogens with one attached hydrogen (secondary N) is 2. The van der Waals surface area contributed by atoms with Gasteiger partial charge in [0.15, 0.2) is 5.96 Å². The quantitative estimate of drug-likeness (QED) is 0.604. The molecule has 0 saturated heterocycles. The fourth-order valence-electron chi connectivity index (χ4n) is 1.55. The van der Waals surface area contributed by atoms with Gasteiger partial charge in [0.05, 0.1) is 0 Å². The molecule has 0 unspecified atom stereocenters. The molecule has 4 heteroatoms. The van der Waals surface area contributed by atoms with Gasteiger partial charge in [-0.3, -0.25) is 4.99 Å². The van der Waals surface area contributed by atoms with Crippen LogP contribution in [0.25, 0.3) is 0 Å². The first-order valence-corrected chi connectivity index (χ1v) is 6.17. The molecule has 1 aromatic rings. The molecule has 0 fully saturated rings. The fourth-order valence-corrected chi connectivity index (χ4v) is 1.55. The maximum absolute atomic E-state index is 4.19. The predicted molar refractivity (Wildman–Crippen MR) is 73.1 cm³/mol. The molecule has 2 N–H and O–H groups in total. The number of rotatable bonds is 5. The lowest BCUT2D eigenvalue weighted by Crippen LogP contribution is -2.37. The standard InChI is InChI=1S/C13H24N4/c1-11(2)5-7-15-13(14-3)16-9-12-6-8-17(4)10-12/h6,8,10-11H,5,7,9H2,1-4H3,(H2,14,15,16). The van der Waals surface area contributed by atoms with E-state index in [1.807, 2.05) is 17.8 Å². The second-order valence-electron chi connectivity index (χ2n) is 4.72. The van der Waals surface area contributed by atoms with E-state index in [0.717, 1.165) is 31.4 Å². The molecule has 0 radical (unpaired) electrons. The van der Waals surface area contributed by atoms with E-state index in [1.165, 1.54) is 5.56 Å². The van der Waals surface area contributed by atoms with Gasteiger partial charge in [-0.1, -0.05) is 13.8 Å². The van der Waals surface area contributed by atoms with E-state index >= 15 is 0 Å². The average Bonchev–Trinajstić information content (AvgIpc) is 2.69. The second-order valence-corrected chi connectivity index (χ2v) is 4.72. The number of aromatic nitrogens is 1. The Labute approximate surface area is 104 Å². The van der Waals surface area contributed by atoms with E-state index in [-0.39, 0.29) is 0 Å². The summed E-state index contributed by atoms with van der Waals surface area (Å²) in [6, 6.07) is 2.11. The zero-order valence-corrected chi connectivity index (χ0v) is 11.3. The highest BCUT2D eigenvalue weighted by Gasteiger charge is 1.99. The van der Waals surface area contributed by atoms with Crippen LogP contribution < -0.4 is 10.6 Å². The third-order valence-corrected chi connectivity index (χ3v) is 2.59. The Morgan fingerprint density at radius 2 is 2.18 bits per heavy atom. The highest BCUT2D eigenvalue weighted by molar-refractivity contribution is 5.79. The van der Waals surface area contributed by atoms with Gasteiger partial charge >= 0.3 is 0 Å². The van der Waals surface area contributed by atoms with E-state index < -0.39 is 0 Å². The van der Waals surface area contributed by atoms with Crippen molar-refractivity contribution in [3.05, 3.63) is 24.0 Å². The van der Waals surface area contributed by atoms with Crippen LogP contribution in [0, 0.1) is 5.92 Å². The van der Waals surface area contributed by atoms with Gasteiger partial charge in [-0.15, -0.1) is 0 Å². The van der Waals surface area contributed by atoms with Crippen LogP contribution in [0.15, 0.2) is 23.5 Å². The van der Waals surface area contributed by atoms with Gasteiger partial charge in [-0.25, -0.2) is 0 Å². The molecule has 0 aliphatic heterocycles. The van der Waals surface area contributed by atoms with Crippen molar-refractivity contribution >= 4 is 5.96 Å². The number of nitrogens with zero attached hydrogens (tertiary/aromatic N) is 2. The maximum atomic E-state index is 4.19. The topological polar surface area (TPSA) is 41.4 Å². The molecule has 0 aromatic carbocycles. The van der Waals surface area contributed by atoms with Crippen molar-refractivity contribution in [3.63, 3.8) is 0 Å². The molecule has 0 atom stereocenters. The molecule has 0 aliphatic carbocycles. The SMILES string of the molecule is CN=C(NCCC(C)C)NCc1ccn(C)c1. The van der Waals surface area contributed by atoms with Crippen LogP contribution in [0.2, 0.25) is 0 Å². The first-order valence-electron chi connectivity index (χ1n) is 6.17. The minimum absolute atomic E-state index is 0.717. The molecular formula is C13H24N4. The molecule has 0 aliphatic rings. The average molecular weight is 236 g/mol. The Morgan fingerprint density at radius 3 is 2.71 bits per heavy atom. The first-order chi connectivity index (χ1) is 8.11. The minimum Gasteiger partial charge on any atom is -0.357 e. The predicted octanol–water partition coefficient (Wildman–Crippen LogP) is 1.74. The molecule has 17 heavy (non-hydrogen) atoms. The van der Waals surface area contributed by atoms with Crippen LogP contribution in [-0.4, -0.2) is 24.1 Å². The summed E-state index contributed by atoms with van der Waals surface area (Å²) >= 11 is 0. The monoisotopic (exact) mass is 236 g/mol. The summed E-state index contributed by atoms with van der Waals surface area (Å²) in [6.45, 7) is 6.22. The summed E-state index contributed by atoms with van der Waals surface area (Å²) in [6.07, 6.45) is 5.31. The number of hydrogen-bond acceptors (Lipinski definition) is 1. The fraction of sp³-hybridized carbons (Fsp3) is 0.615. The van der Waals surface area contributed by atoms with Crippen LogP contribution in [0.5, 0.6) is 0 Å².